The molecule has 1 fully saturated rings. The molecule has 184 valence electrons. The molecule has 0 spiro atoms. The van der Waals surface area contributed by atoms with Crippen molar-refractivity contribution in [2.45, 2.75) is 50.5 Å². The van der Waals surface area contributed by atoms with Crippen LogP contribution in [-0.2, 0) is 19.9 Å². The number of nitrogens with zero attached hydrogens (tertiary/aromatic N) is 3. The van der Waals surface area contributed by atoms with E-state index in [1.807, 2.05) is 0 Å². The Labute approximate surface area is 200 Å². The molecule has 0 saturated carbocycles. The number of hydrogen-bond acceptors (Lipinski definition) is 8. The third kappa shape index (κ3) is 5.35. The molecule has 1 aliphatic heterocycles. The van der Waals surface area contributed by atoms with E-state index in [9.17, 15) is 16.8 Å². The number of allylic oxidation sites excluding steroid dienone is 3. The van der Waals surface area contributed by atoms with Gasteiger partial charge in [0.1, 0.15) is 0 Å². The molecule has 1 aliphatic carbocycles. The topological polar surface area (TPSA) is 122 Å². The standard InChI is InChI=1S/C23H30N4O5S2/c1-15-13-21(27-12-6-5-7-16(27)2)20(26-34(4,30)31)14-19(15)23-24-22(25-32-23)17-8-10-18(11-9-17)33(3,28)29/h8-11,14-16,26H,5-7,12-13H2,1-4H3. The molecular weight excluding hydrogens is 476 g/mol. The van der Waals surface area contributed by atoms with Crippen molar-refractivity contribution < 1.29 is 21.4 Å². The Balaban J connectivity index is 1.70. The average molecular weight is 507 g/mol. The smallest absolute Gasteiger partial charge is 0.254 e. The lowest BCUT2D eigenvalue weighted by Gasteiger charge is -2.40. The number of aromatic nitrogens is 2. The van der Waals surface area contributed by atoms with E-state index in [-0.39, 0.29) is 10.8 Å². The Bertz CT molecular complexity index is 1340. The maximum Gasteiger partial charge on any atom is 0.254 e. The highest BCUT2D eigenvalue weighted by atomic mass is 32.2. The van der Waals surface area contributed by atoms with Crippen molar-refractivity contribution in [3.8, 4) is 11.4 Å². The first-order valence-corrected chi connectivity index (χ1v) is 15.0. The van der Waals surface area contributed by atoms with Crippen molar-refractivity contribution in [3.05, 3.63) is 47.6 Å². The van der Waals surface area contributed by atoms with Gasteiger partial charge in [-0.2, -0.15) is 4.98 Å². The largest absolute Gasteiger partial charge is 0.370 e. The zero-order valence-corrected chi connectivity index (χ0v) is 21.4. The van der Waals surface area contributed by atoms with Gasteiger partial charge >= 0.3 is 0 Å². The van der Waals surface area contributed by atoms with Crippen molar-refractivity contribution in [2.24, 2.45) is 5.92 Å². The first-order valence-electron chi connectivity index (χ1n) is 11.3. The van der Waals surface area contributed by atoms with E-state index in [0.29, 0.717) is 35.4 Å². The van der Waals surface area contributed by atoms with Gasteiger partial charge < -0.3 is 9.42 Å². The maximum absolute atomic E-state index is 12.1. The predicted molar refractivity (Wildman–Crippen MR) is 130 cm³/mol. The predicted octanol–water partition coefficient (Wildman–Crippen LogP) is 3.20. The van der Waals surface area contributed by atoms with Crippen LogP contribution < -0.4 is 4.72 Å². The minimum Gasteiger partial charge on any atom is -0.370 e. The molecule has 0 amide bonds. The Morgan fingerprint density at radius 3 is 2.38 bits per heavy atom. The molecule has 34 heavy (non-hydrogen) atoms. The van der Waals surface area contributed by atoms with Gasteiger partial charge in [0.05, 0.1) is 16.8 Å². The average Bonchev–Trinajstić information content (AvgIpc) is 3.24. The second-order valence-electron chi connectivity index (χ2n) is 9.20. The zero-order valence-electron chi connectivity index (χ0n) is 19.8. The van der Waals surface area contributed by atoms with Crippen molar-refractivity contribution in [1.82, 2.24) is 19.8 Å². The molecule has 11 heteroatoms. The number of rotatable bonds is 6. The Kier molecular flexibility index (Phi) is 6.61. The second-order valence-corrected chi connectivity index (χ2v) is 13.0. The normalized spacial score (nSPS) is 22.0. The number of nitrogens with one attached hydrogen (secondary N) is 1. The fraction of sp³-hybridized carbons (Fsp3) is 0.478. The number of piperidine rings is 1. The SMILES string of the molecule is CC1CC(N2CCCCC2C)=C(NS(C)(=O)=O)C=C1c1nc(-c2ccc(S(C)(=O)=O)cc2)no1. The van der Waals surface area contributed by atoms with E-state index in [4.69, 9.17) is 4.52 Å². The summed E-state index contributed by atoms with van der Waals surface area (Å²) in [5.74, 6) is 0.684. The maximum atomic E-state index is 12.1. The van der Waals surface area contributed by atoms with Gasteiger partial charge in [0.2, 0.25) is 15.8 Å². The van der Waals surface area contributed by atoms with Gasteiger partial charge in [0.25, 0.3) is 5.89 Å². The van der Waals surface area contributed by atoms with E-state index < -0.39 is 19.9 Å². The molecule has 4 rings (SSSR count). The molecule has 2 aromatic rings. The van der Waals surface area contributed by atoms with Crippen LogP contribution in [0.2, 0.25) is 0 Å². The lowest BCUT2D eigenvalue weighted by Crippen LogP contribution is -2.40. The number of likely N-dealkylation sites (tertiary alicyclic amines) is 1. The van der Waals surface area contributed by atoms with Crippen LogP contribution in [0, 0.1) is 5.92 Å². The summed E-state index contributed by atoms with van der Waals surface area (Å²) in [5, 5.41) is 4.07. The molecule has 1 aromatic carbocycles. The number of sulfonamides is 1. The third-order valence-corrected chi connectivity index (χ3v) is 8.02. The summed E-state index contributed by atoms with van der Waals surface area (Å²) in [6, 6.07) is 6.62. The van der Waals surface area contributed by atoms with Gasteiger partial charge in [-0.05, 0) is 68.9 Å². The van der Waals surface area contributed by atoms with Crippen LogP contribution in [0.1, 0.15) is 45.4 Å². The second kappa shape index (κ2) is 9.18. The lowest BCUT2D eigenvalue weighted by molar-refractivity contribution is 0.196. The highest BCUT2D eigenvalue weighted by Crippen LogP contribution is 2.38. The van der Waals surface area contributed by atoms with Crippen LogP contribution in [0.25, 0.3) is 17.0 Å². The van der Waals surface area contributed by atoms with Crippen LogP contribution in [0.15, 0.2) is 51.2 Å². The van der Waals surface area contributed by atoms with Crippen molar-refractivity contribution in [3.63, 3.8) is 0 Å². The van der Waals surface area contributed by atoms with Crippen LogP contribution in [-0.4, -0.2) is 57.0 Å². The molecular formula is C23H30N4O5S2. The highest BCUT2D eigenvalue weighted by molar-refractivity contribution is 7.90. The Morgan fingerprint density at radius 1 is 1.06 bits per heavy atom. The number of benzene rings is 1. The fourth-order valence-electron chi connectivity index (χ4n) is 4.53. The molecule has 1 N–H and O–H groups in total. The van der Waals surface area contributed by atoms with E-state index in [1.165, 1.54) is 18.6 Å². The van der Waals surface area contributed by atoms with E-state index in [1.54, 1.807) is 18.2 Å². The molecule has 2 atom stereocenters. The molecule has 2 aliphatic rings. The first kappa shape index (κ1) is 24.5. The van der Waals surface area contributed by atoms with E-state index in [2.05, 4.69) is 33.6 Å². The zero-order chi connectivity index (χ0) is 24.7. The quantitative estimate of drug-likeness (QED) is 0.634. The van der Waals surface area contributed by atoms with Crippen molar-refractivity contribution in [1.29, 1.82) is 0 Å². The summed E-state index contributed by atoms with van der Waals surface area (Å²) in [7, 11) is -6.78. The minimum atomic E-state index is -3.48. The fourth-order valence-corrected chi connectivity index (χ4v) is 5.74. The number of hydrogen-bond donors (Lipinski definition) is 1. The Morgan fingerprint density at radius 2 is 1.76 bits per heavy atom. The molecule has 0 radical (unpaired) electrons. The summed E-state index contributed by atoms with van der Waals surface area (Å²) in [4.78, 5) is 7.04. The van der Waals surface area contributed by atoms with Crippen LogP contribution >= 0.6 is 0 Å². The van der Waals surface area contributed by atoms with E-state index in [0.717, 1.165) is 43.2 Å². The summed E-state index contributed by atoms with van der Waals surface area (Å²) in [6.07, 6.45) is 8.08. The first-order chi connectivity index (χ1) is 15.9. The molecule has 1 saturated heterocycles. The van der Waals surface area contributed by atoms with Gasteiger partial charge in [-0.1, -0.05) is 12.1 Å². The highest BCUT2D eigenvalue weighted by Gasteiger charge is 2.31. The number of sulfone groups is 1. The molecule has 1 aromatic heterocycles. The summed E-state index contributed by atoms with van der Waals surface area (Å²) in [6.45, 7) is 5.13. The van der Waals surface area contributed by atoms with Crippen LogP contribution in [0.3, 0.4) is 0 Å². The summed E-state index contributed by atoms with van der Waals surface area (Å²) >= 11 is 0. The molecule has 2 heterocycles. The minimum absolute atomic E-state index is 0.0372. The molecule has 9 nitrogen and oxygen atoms in total. The van der Waals surface area contributed by atoms with Gasteiger partial charge in [-0.15, -0.1) is 0 Å². The lowest BCUT2D eigenvalue weighted by atomic mass is 9.88. The van der Waals surface area contributed by atoms with Gasteiger partial charge in [0.15, 0.2) is 9.84 Å². The van der Waals surface area contributed by atoms with Crippen molar-refractivity contribution >= 4 is 25.4 Å². The monoisotopic (exact) mass is 506 g/mol. The van der Waals surface area contributed by atoms with Gasteiger partial charge in [-0.25, -0.2) is 16.8 Å². The molecule has 2 unspecified atom stereocenters. The Hall–Kier alpha value is -2.66. The third-order valence-electron chi connectivity index (χ3n) is 6.30. The summed E-state index contributed by atoms with van der Waals surface area (Å²) in [5.41, 5.74) is 2.91. The van der Waals surface area contributed by atoms with Gasteiger partial charge in [0, 0.05) is 35.7 Å². The van der Waals surface area contributed by atoms with Gasteiger partial charge in [-0.3, -0.25) is 4.72 Å². The van der Waals surface area contributed by atoms with Crippen LogP contribution in [0.5, 0.6) is 0 Å². The van der Waals surface area contributed by atoms with Crippen LogP contribution in [0.4, 0.5) is 0 Å². The van der Waals surface area contributed by atoms with E-state index >= 15 is 0 Å². The van der Waals surface area contributed by atoms with Crippen molar-refractivity contribution in [2.75, 3.05) is 19.1 Å². The molecule has 0 bridgehead atoms. The summed E-state index contributed by atoms with van der Waals surface area (Å²) < 4.78 is 55.9.